The van der Waals surface area contributed by atoms with E-state index in [0.29, 0.717) is 6.04 Å². The van der Waals surface area contributed by atoms with E-state index < -0.39 is 0 Å². The Bertz CT molecular complexity index is 318. The monoisotopic (exact) mass is 204 g/mol. The largest absolute Gasteiger partial charge is 0.310 e. The minimum atomic E-state index is 0.562. The standard InChI is InChI=1S/C13H20N2/c1-3-7-15-13(11-4-5-11)12-6-8-14-10(2)9-12/h6,8-9,11,13,15H,3-5,7H2,1-2H3. The molecule has 1 N–H and O–H groups in total. The van der Waals surface area contributed by atoms with E-state index >= 15 is 0 Å². The molecule has 2 heteroatoms. The van der Waals surface area contributed by atoms with Crippen molar-refractivity contribution in [2.75, 3.05) is 6.54 Å². The summed E-state index contributed by atoms with van der Waals surface area (Å²) in [5.41, 5.74) is 2.54. The smallest absolute Gasteiger partial charge is 0.0375 e. The van der Waals surface area contributed by atoms with E-state index in [-0.39, 0.29) is 0 Å². The fourth-order valence-corrected chi connectivity index (χ4v) is 2.05. The number of aryl methyl sites for hydroxylation is 1. The third-order valence-corrected chi connectivity index (χ3v) is 2.99. The lowest BCUT2D eigenvalue weighted by Gasteiger charge is -2.18. The lowest BCUT2D eigenvalue weighted by molar-refractivity contribution is 0.480. The number of nitrogens with zero attached hydrogens (tertiary/aromatic N) is 1. The van der Waals surface area contributed by atoms with Gasteiger partial charge in [0.2, 0.25) is 0 Å². The van der Waals surface area contributed by atoms with Gasteiger partial charge in [-0.2, -0.15) is 0 Å². The van der Waals surface area contributed by atoms with Crippen molar-refractivity contribution in [3.05, 3.63) is 29.6 Å². The number of aromatic nitrogens is 1. The maximum absolute atomic E-state index is 4.25. The van der Waals surface area contributed by atoms with Gasteiger partial charge in [0.05, 0.1) is 0 Å². The van der Waals surface area contributed by atoms with Gasteiger partial charge >= 0.3 is 0 Å². The molecular formula is C13H20N2. The van der Waals surface area contributed by atoms with Crippen molar-refractivity contribution in [2.24, 2.45) is 5.92 Å². The summed E-state index contributed by atoms with van der Waals surface area (Å²) in [5.74, 6) is 0.860. The molecule has 1 aliphatic carbocycles. The zero-order chi connectivity index (χ0) is 10.7. The van der Waals surface area contributed by atoms with Crippen molar-refractivity contribution in [1.82, 2.24) is 10.3 Å². The van der Waals surface area contributed by atoms with Crippen LogP contribution in [0.25, 0.3) is 0 Å². The Morgan fingerprint density at radius 3 is 2.93 bits per heavy atom. The topological polar surface area (TPSA) is 24.9 Å². The van der Waals surface area contributed by atoms with Crippen molar-refractivity contribution < 1.29 is 0 Å². The Balaban J connectivity index is 2.09. The van der Waals surface area contributed by atoms with E-state index in [0.717, 1.165) is 18.2 Å². The van der Waals surface area contributed by atoms with Crippen LogP contribution in [0, 0.1) is 12.8 Å². The van der Waals surface area contributed by atoms with Gasteiger partial charge in [-0.15, -0.1) is 0 Å². The van der Waals surface area contributed by atoms with Crippen LogP contribution in [-0.2, 0) is 0 Å². The quantitative estimate of drug-likeness (QED) is 0.797. The number of nitrogens with one attached hydrogen (secondary N) is 1. The third kappa shape index (κ3) is 2.78. The van der Waals surface area contributed by atoms with Crippen LogP contribution in [0.5, 0.6) is 0 Å². The molecule has 1 aromatic rings. The SMILES string of the molecule is CCCNC(c1ccnc(C)c1)C1CC1. The highest BCUT2D eigenvalue weighted by atomic mass is 14.9. The maximum Gasteiger partial charge on any atom is 0.0375 e. The van der Waals surface area contributed by atoms with Crippen LogP contribution < -0.4 is 5.32 Å². The van der Waals surface area contributed by atoms with E-state index in [1.165, 1.54) is 24.8 Å². The molecule has 2 nitrogen and oxygen atoms in total. The van der Waals surface area contributed by atoms with E-state index in [1.54, 1.807) is 0 Å². The lowest BCUT2D eigenvalue weighted by Crippen LogP contribution is -2.23. The molecule has 0 amide bonds. The molecule has 1 saturated carbocycles. The summed E-state index contributed by atoms with van der Waals surface area (Å²) < 4.78 is 0. The van der Waals surface area contributed by atoms with Crippen LogP contribution in [-0.4, -0.2) is 11.5 Å². The zero-order valence-corrected chi connectivity index (χ0v) is 9.66. The molecule has 0 bridgehead atoms. The van der Waals surface area contributed by atoms with Crippen molar-refractivity contribution in [3.8, 4) is 0 Å². The number of hydrogen-bond donors (Lipinski definition) is 1. The summed E-state index contributed by atoms with van der Waals surface area (Å²) in [4.78, 5) is 4.25. The maximum atomic E-state index is 4.25. The number of pyridine rings is 1. The molecule has 0 aliphatic heterocycles. The van der Waals surface area contributed by atoms with Crippen LogP contribution in [0.3, 0.4) is 0 Å². The molecule has 2 rings (SSSR count). The predicted molar refractivity (Wildman–Crippen MR) is 62.7 cm³/mol. The predicted octanol–water partition coefficient (Wildman–Crippen LogP) is 2.84. The van der Waals surface area contributed by atoms with Crippen LogP contribution >= 0.6 is 0 Å². The highest BCUT2D eigenvalue weighted by Gasteiger charge is 2.31. The molecule has 1 aliphatic rings. The minimum Gasteiger partial charge on any atom is -0.310 e. The first-order valence-electron chi connectivity index (χ1n) is 5.97. The van der Waals surface area contributed by atoms with Crippen LogP contribution in [0.2, 0.25) is 0 Å². The molecule has 82 valence electrons. The van der Waals surface area contributed by atoms with Gasteiger partial charge in [0.25, 0.3) is 0 Å². The molecule has 15 heavy (non-hydrogen) atoms. The number of rotatable bonds is 5. The van der Waals surface area contributed by atoms with E-state index in [9.17, 15) is 0 Å². The van der Waals surface area contributed by atoms with Crippen molar-refractivity contribution in [2.45, 2.75) is 39.2 Å². The lowest BCUT2D eigenvalue weighted by atomic mass is 10.0. The van der Waals surface area contributed by atoms with Crippen LogP contribution in [0.4, 0.5) is 0 Å². The van der Waals surface area contributed by atoms with Gasteiger partial charge in [-0.05, 0) is 56.3 Å². The fraction of sp³-hybridized carbons (Fsp3) is 0.615. The second-order valence-electron chi connectivity index (χ2n) is 4.50. The second kappa shape index (κ2) is 4.75. The van der Waals surface area contributed by atoms with Gasteiger partial charge in [-0.25, -0.2) is 0 Å². The Labute approximate surface area is 92.1 Å². The van der Waals surface area contributed by atoms with Gasteiger partial charge in [0.1, 0.15) is 0 Å². The van der Waals surface area contributed by atoms with Crippen LogP contribution in [0.1, 0.15) is 43.5 Å². The van der Waals surface area contributed by atoms with Crippen molar-refractivity contribution >= 4 is 0 Å². The Kier molecular flexibility index (Phi) is 3.37. The molecule has 0 aromatic carbocycles. The molecule has 0 saturated heterocycles. The van der Waals surface area contributed by atoms with E-state index in [1.807, 2.05) is 6.20 Å². The summed E-state index contributed by atoms with van der Waals surface area (Å²) in [6, 6.07) is 4.93. The molecular weight excluding hydrogens is 184 g/mol. The van der Waals surface area contributed by atoms with Gasteiger partial charge < -0.3 is 5.32 Å². The summed E-state index contributed by atoms with van der Waals surface area (Å²) in [5, 5.41) is 3.65. The summed E-state index contributed by atoms with van der Waals surface area (Å²) in [7, 11) is 0. The van der Waals surface area contributed by atoms with Gasteiger partial charge in [-0.1, -0.05) is 6.92 Å². The molecule has 1 unspecified atom stereocenters. The summed E-state index contributed by atoms with van der Waals surface area (Å²) >= 11 is 0. The Morgan fingerprint density at radius 1 is 1.53 bits per heavy atom. The average Bonchev–Trinajstić information content (AvgIpc) is 3.03. The summed E-state index contributed by atoms with van der Waals surface area (Å²) in [6.45, 7) is 5.39. The highest BCUT2D eigenvalue weighted by Crippen LogP contribution is 2.40. The molecule has 0 radical (unpaired) electrons. The molecule has 1 atom stereocenters. The molecule has 0 spiro atoms. The van der Waals surface area contributed by atoms with Gasteiger partial charge in [-0.3, -0.25) is 4.98 Å². The number of hydrogen-bond acceptors (Lipinski definition) is 2. The minimum absolute atomic E-state index is 0.562. The second-order valence-corrected chi connectivity index (χ2v) is 4.50. The zero-order valence-electron chi connectivity index (χ0n) is 9.66. The van der Waals surface area contributed by atoms with Crippen molar-refractivity contribution in [3.63, 3.8) is 0 Å². The first kappa shape index (κ1) is 10.6. The first-order chi connectivity index (χ1) is 7.31. The van der Waals surface area contributed by atoms with E-state index in [4.69, 9.17) is 0 Å². The molecule has 1 fully saturated rings. The van der Waals surface area contributed by atoms with Gasteiger partial charge in [0, 0.05) is 17.9 Å². The Morgan fingerprint density at radius 2 is 2.33 bits per heavy atom. The summed E-state index contributed by atoms with van der Waals surface area (Å²) in [6.07, 6.45) is 5.88. The molecule has 1 heterocycles. The van der Waals surface area contributed by atoms with Gasteiger partial charge in [0.15, 0.2) is 0 Å². The third-order valence-electron chi connectivity index (χ3n) is 2.99. The van der Waals surface area contributed by atoms with E-state index in [2.05, 4.69) is 36.3 Å². The fourth-order valence-electron chi connectivity index (χ4n) is 2.05. The normalized spacial score (nSPS) is 17.7. The van der Waals surface area contributed by atoms with Crippen LogP contribution in [0.15, 0.2) is 18.3 Å². The Hall–Kier alpha value is -0.890. The highest BCUT2D eigenvalue weighted by molar-refractivity contribution is 5.21. The molecule has 1 aromatic heterocycles. The first-order valence-corrected chi connectivity index (χ1v) is 5.97. The van der Waals surface area contributed by atoms with Crippen molar-refractivity contribution in [1.29, 1.82) is 0 Å². The average molecular weight is 204 g/mol.